The maximum atomic E-state index is 11.3. The van der Waals surface area contributed by atoms with Crippen LogP contribution in [0.15, 0.2) is 0 Å². The smallest absolute Gasteiger partial charge is 0.220 e. The van der Waals surface area contributed by atoms with Crippen molar-refractivity contribution in [3.05, 3.63) is 5.82 Å². The lowest BCUT2D eigenvalue weighted by molar-refractivity contribution is -0.121. The van der Waals surface area contributed by atoms with Crippen LogP contribution in [0.5, 0.6) is 0 Å². The number of aromatic amines is 1. The van der Waals surface area contributed by atoms with Crippen molar-refractivity contribution in [1.82, 2.24) is 25.9 Å². The Morgan fingerprint density at radius 3 is 3.07 bits per heavy atom. The minimum Gasteiger partial charge on any atom is -0.349 e. The van der Waals surface area contributed by atoms with Gasteiger partial charge in [0.25, 0.3) is 0 Å². The van der Waals surface area contributed by atoms with Gasteiger partial charge in [-0.25, -0.2) is 0 Å². The Morgan fingerprint density at radius 2 is 2.40 bits per heavy atom. The van der Waals surface area contributed by atoms with Gasteiger partial charge in [0.2, 0.25) is 5.91 Å². The zero-order valence-electron chi connectivity index (χ0n) is 8.36. The molecule has 15 heavy (non-hydrogen) atoms. The highest BCUT2D eigenvalue weighted by Crippen LogP contribution is 1.98. The Morgan fingerprint density at radius 1 is 1.53 bits per heavy atom. The number of nitrogens with zero attached hydrogens (tertiary/aromatic N) is 3. The Hall–Kier alpha value is -1.90. The summed E-state index contributed by atoms with van der Waals surface area (Å²) >= 11 is 0. The molecule has 0 unspecified atom stereocenters. The van der Waals surface area contributed by atoms with Crippen molar-refractivity contribution in [1.29, 1.82) is 0 Å². The number of aromatic nitrogens is 4. The van der Waals surface area contributed by atoms with E-state index in [1.165, 1.54) is 0 Å². The number of H-pyrrole nitrogens is 1. The van der Waals surface area contributed by atoms with E-state index in [4.69, 9.17) is 6.42 Å². The summed E-state index contributed by atoms with van der Waals surface area (Å²) in [6.45, 7) is 0.310. The molecule has 1 amide bonds. The summed E-state index contributed by atoms with van der Waals surface area (Å²) in [5, 5.41) is 15.8. The van der Waals surface area contributed by atoms with Crippen molar-refractivity contribution in [2.45, 2.75) is 32.2 Å². The second-order valence-corrected chi connectivity index (χ2v) is 3.02. The number of tetrazole rings is 1. The van der Waals surface area contributed by atoms with Crippen LogP contribution in [0.1, 0.15) is 31.5 Å². The number of carbonyl (C=O) groups is 1. The molecular weight excluding hydrogens is 194 g/mol. The molecular formula is C9H13N5O. The molecule has 0 aliphatic carbocycles. The number of nitrogens with one attached hydrogen (secondary N) is 2. The minimum atomic E-state index is -0.0168. The summed E-state index contributed by atoms with van der Waals surface area (Å²) in [6.07, 6.45) is 7.99. The van der Waals surface area contributed by atoms with Gasteiger partial charge in [0.1, 0.15) is 0 Å². The van der Waals surface area contributed by atoms with Crippen LogP contribution in [0.3, 0.4) is 0 Å². The molecule has 1 rings (SSSR count). The normalized spacial score (nSPS) is 9.53. The number of hydrogen-bond acceptors (Lipinski definition) is 4. The fourth-order valence-corrected chi connectivity index (χ4v) is 1.04. The molecule has 0 aliphatic rings. The Kier molecular flexibility index (Phi) is 4.87. The van der Waals surface area contributed by atoms with Gasteiger partial charge in [-0.05, 0) is 12.8 Å². The molecule has 0 aromatic carbocycles. The minimum absolute atomic E-state index is 0.0168. The van der Waals surface area contributed by atoms with E-state index in [0.717, 1.165) is 19.3 Å². The first kappa shape index (κ1) is 11.2. The van der Waals surface area contributed by atoms with Crippen LogP contribution in [0.4, 0.5) is 0 Å². The predicted octanol–water partition coefficient (Wildman–Crippen LogP) is 0.00950. The molecule has 80 valence electrons. The molecule has 2 N–H and O–H groups in total. The fraction of sp³-hybridized carbons (Fsp3) is 0.556. The van der Waals surface area contributed by atoms with Gasteiger partial charge >= 0.3 is 0 Å². The Balaban J connectivity index is 2.07. The van der Waals surface area contributed by atoms with Crippen LogP contribution in [0.2, 0.25) is 0 Å². The van der Waals surface area contributed by atoms with Crippen molar-refractivity contribution in [2.24, 2.45) is 0 Å². The fourth-order valence-electron chi connectivity index (χ4n) is 1.04. The topological polar surface area (TPSA) is 83.6 Å². The Bertz CT molecular complexity index is 327. The average Bonchev–Trinajstić information content (AvgIpc) is 2.74. The van der Waals surface area contributed by atoms with Crippen LogP contribution in [-0.2, 0) is 11.3 Å². The number of unbranched alkanes of at least 4 members (excludes halogenated alkanes) is 2. The van der Waals surface area contributed by atoms with Gasteiger partial charge < -0.3 is 5.32 Å². The molecule has 1 heterocycles. The first-order valence-corrected chi connectivity index (χ1v) is 4.75. The van der Waals surface area contributed by atoms with Crippen molar-refractivity contribution in [2.75, 3.05) is 0 Å². The lowest BCUT2D eigenvalue weighted by atomic mass is 10.2. The predicted molar refractivity (Wildman–Crippen MR) is 53.3 cm³/mol. The number of terminal acetylenes is 1. The monoisotopic (exact) mass is 207 g/mol. The van der Waals surface area contributed by atoms with Crippen LogP contribution in [-0.4, -0.2) is 26.5 Å². The van der Waals surface area contributed by atoms with Gasteiger partial charge in [-0.2, -0.15) is 5.21 Å². The summed E-state index contributed by atoms with van der Waals surface area (Å²) < 4.78 is 0. The molecule has 0 saturated heterocycles. The highest BCUT2D eigenvalue weighted by Gasteiger charge is 2.02. The van der Waals surface area contributed by atoms with E-state index >= 15 is 0 Å². The number of rotatable bonds is 6. The molecule has 0 aliphatic heterocycles. The maximum Gasteiger partial charge on any atom is 0.220 e. The van der Waals surface area contributed by atoms with E-state index < -0.39 is 0 Å². The Labute approximate surface area is 87.8 Å². The summed E-state index contributed by atoms with van der Waals surface area (Å²) in [7, 11) is 0. The highest BCUT2D eigenvalue weighted by atomic mass is 16.1. The van der Waals surface area contributed by atoms with Crippen molar-refractivity contribution in [3.63, 3.8) is 0 Å². The SMILES string of the molecule is C#CCCCCC(=O)NCc1nn[nH]n1. The lowest BCUT2D eigenvalue weighted by Crippen LogP contribution is -2.22. The van der Waals surface area contributed by atoms with E-state index in [0.29, 0.717) is 18.8 Å². The van der Waals surface area contributed by atoms with Crippen LogP contribution >= 0.6 is 0 Å². The second kappa shape index (κ2) is 6.54. The van der Waals surface area contributed by atoms with E-state index in [2.05, 4.69) is 31.9 Å². The van der Waals surface area contributed by atoms with E-state index in [1.54, 1.807) is 0 Å². The van der Waals surface area contributed by atoms with Gasteiger partial charge in [0.05, 0.1) is 6.54 Å². The first-order chi connectivity index (χ1) is 7.33. The lowest BCUT2D eigenvalue weighted by Gasteiger charge is -2.00. The molecule has 1 aromatic rings. The first-order valence-electron chi connectivity index (χ1n) is 4.75. The van der Waals surface area contributed by atoms with Crippen LogP contribution in [0.25, 0.3) is 0 Å². The molecule has 1 aromatic heterocycles. The summed E-state index contributed by atoms with van der Waals surface area (Å²) in [6, 6.07) is 0. The van der Waals surface area contributed by atoms with Crippen molar-refractivity contribution >= 4 is 5.91 Å². The summed E-state index contributed by atoms with van der Waals surface area (Å²) in [5.74, 6) is 2.99. The van der Waals surface area contributed by atoms with E-state index in [9.17, 15) is 4.79 Å². The van der Waals surface area contributed by atoms with Gasteiger partial charge in [0.15, 0.2) is 5.82 Å². The third kappa shape index (κ3) is 4.76. The summed E-state index contributed by atoms with van der Waals surface area (Å²) in [5.41, 5.74) is 0. The molecule has 0 bridgehead atoms. The van der Waals surface area contributed by atoms with Crippen molar-refractivity contribution in [3.8, 4) is 12.3 Å². The summed E-state index contributed by atoms with van der Waals surface area (Å²) in [4.78, 5) is 11.3. The number of hydrogen-bond donors (Lipinski definition) is 2. The van der Waals surface area contributed by atoms with Gasteiger partial charge in [-0.3, -0.25) is 4.79 Å². The van der Waals surface area contributed by atoms with E-state index in [1.807, 2.05) is 0 Å². The van der Waals surface area contributed by atoms with Gasteiger partial charge in [-0.1, -0.05) is 5.21 Å². The molecule has 0 radical (unpaired) electrons. The van der Waals surface area contributed by atoms with E-state index in [-0.39, 0.29) is 5.91 Å². The average molecular weight is 207 g/mol. The second-order valence-electron chi connectivity index (χ2n) is 3.02. The number of carbonyl (C=O) groups excluding carboxylic acids is 1. The standard InChI is InChI=1S/C9H13N5O/c1-2-3-4-5-6-9(15)10-7-8-11-13-14-12-8/h1H,3-7H2,(H,10,15)(H,11,12,13,14). The molecule has 6 nitrogen and oxygen atoms in total. The molecule has 6 heteroatoms. The van der Waals surface area contributed by atoms with Gasteiger partial charge in [-0.15, -0.1) is 22.5 Å². The zero-order valence-corrected chi connectivity index (χ0v) is 8.36. The van der Waals surface area contributed by atoms with Crippen molar-refractivity contribution < 1.29 is 4.79 Å². The molecule has 0 spiro atoms. The van der Waals surface area contributed by atoms with Crippen LogP contribution in [0, 0.1) is 12.3 Å². The third-order valence-corrected chi connectivity index (χ3v) is 1.81. The molecule has 0 atom stereocenters. The quantitative estimate of drug-likeness (QED) is 0.508. The maximum absolute atomic E-state index is 11.3. The number of amides is 1. The third-order valence-electron chi connectivity index (χ3n) is 1.81. The molecule has 0 fully saturated rings. The van der Waals surface area contributed by atoms with Crippen LogP contribution < -0.4 is 5.32 Å². The zero-order chi connectivity index (χ0) is 10.9. The largest absolute Gasteiger partial charge is 0.349 e. The van der Waals surface area contributed by atoms with Gasteiger partial charge in [0, 0.05) is 12.8 Å². The highest BCUT2D eigenvalue weighted by molar-refractivity contribution is 5.75. The molecule has 0 saturated carbocycles.